The Balaban J connectivity index is -0.000000245. The van der Waals surface area contributed by atoms with E-state index < -0.39 is 10.0 Å². The average Bonchev–Trinajstić information content (AvgIpc) is 1.59. The van der Waals surface area contributed by atoms with E-state index in [4.69, 9.17) is 0 Å². The van der Waals surface area contributed by atoms with Crippen molar-refractivity contribution >= 4 is 10.0 Å². The largest absolute Gasteiger partial charge is 1.00 e. The third-order valence-corrected chi connectivity index (χ3v) is 1.18. The van der Waals surface area contributed by atoms with E-state index >= 15 is 0 Å². The van der Waals surface area contributed by atoms with E-state index in [1.165, 1.54) is 6.08 Å². The second-order valence-electron chi connectivity index (χ2n) is 1.41. The smallest absolute Gasteiger partial charge is 1.00 e. The first kappa shape index (κ1) is 12.3. The first-order valence-corrected chi connectivity index (χ1v) is 4.01. The van der Waals surface area contributed by atoms with Crippen LogP contribution < -0.4 is 34.3 Å². The summed E-state index contributed by atoms with van der Waals surface area (Å²) >= 11 is 0. The fraction of sp³-hybridized carbons (Fsp3) is 0.500. The molecule has 0 bridgehead atoms. The van der Waals surface area contributed by atoms with Gasteiger partial charge in [0.05, 0.1) is 6.26 Å². The fourth-order valence-corrected chi connectivity index (χ4v) is 0.631. The van der Waals surface area contributed by atoms with Gasteiger partial charge in [0.1, 0.15) is 0 Å². The molecule has 0 aromatic rings. The van der Waals surface area contributed by atoms with Crippen molar-refractivity contribution in [2.75, 3.05) is 12.8 Å². The Morgan fingerprint density at radius 3 is 2.33 bits per heavy atom. The molecule has 0 aromatic carbocycles. The second kappa shape index (κ2) is 5.44. The van der Waals surface area contributed by atoms with Gasteiger partial charge >= 0.3 is 29.6 Å². The zero-order chi connectivity index (χ0) is 6.62. The minimum atomic E-state index is -3.01. The molecule has 3 nitrogen and oxygen atoms in total. The molecular formula is C4H10NNaO2S. The normalized spacial score (nSPS) is 9.89. The van der Waals surface area contributed by atoms with Crippen molar-refractivity contribution in [3.63, 3.8) is 0 Å². The van der Waals surface area contributed by atoms with Gasteiger partial charge in [0.15, 0.2) is 0 Å². The molecule has 0 fully saturated rings. The van der Waals surface area contributed by atoms with Crippen molar-refractivity contribution in [2.24, 2.45) is 0 Å². The number of hydrogen-bond donors (Lipinski definition) is 1. The van der Waals surface area contributed by atoms with Crippen LogP contribution in [0.1, 0.15) is 1.43 Å². The molecule has 0 aliphatic heterocycles. The molecular weight excluding hydrogens is 149 g/mol. The molecule has 0 heterocycles. The Hall–Kier alpha value is 0.650. The molecule has 0 radical (unpaired) electrons. The van der Waals surface area contributed by atoms with Gasteiger partial charge in [-0.25, -0.2) is 13.1 Å². The van der Waals surface area contributed by atoms with Crippen LogP contribution in [0.5, 0.6) is 0 Å². The van der Waals surface area contributed by atoms with Gasteiger partial charge in [-0.15, -0.1) is 6.58 Å². The average molecular weight is 159 g/mol. The van der Waals surface area contributed by atoms with Crippen molar-refractivity contribution in [1.29, 1.82) is 0 Å². The van der Waals surface area contributed by atoms with Crippen LogP contribution in [0.2, 0.25) is 0 Å². The maximum absolute atomic E-state index is 10.2. The predicted octanol–water partition coefficient (Wildman–Crippen LogP) is -3.16. The van der Waals surface area contributed by atoms with E-state index in [0.717, 1.165) is 6.26 Å². The third-order valence-electron chi connectivity index (χ3n) is 0.490. The van der Waals surface area contributed by atoms with Gasteiger partial charge in [-0.2, -0.15) is 0 Å². The summed E-state index contributed by atoms with van der Waals surface area (Å²) in [5.74, 6) is 0. The summed E-state index contributed by atoms with van der Waals surface area (Å²) < 4.78 is 22.7. The van der Waals surface area contributed by atoms with Crippen LogP contribution in [0.25, 0.3) is 0 Å². The zero-order valence-corrected chi connectivity index (χ0v) is 8.53. The van der Waals surface area contributed by atoms with Crippen molar-refractivity contribution < 1.29 is 39.4 Å². The Morgan fingerprint density at radius 2 is 2.22 bits per heavy atom. The van der Waals surface area contributed by atoms with E-state index in [1.807, 2.05) is 0 Å². The Morgan fingerprint density at radius 1 is 1.78 bits per heavy atom. The van der Waals surface area contributed by atoms with Gasteiger partial charge in [-0.1, -0.05) is 6.08 Å². The van der Waals surface area contributed by atoms with Crippen LogP contribution in [0, 0.1) is 0 Å². The molecule has 0 saturated carbocycles. The molecule has 0 saturated heterocycles. The molecule has 9 heavy (non-hydrogen) atoms. The van der Waals surface area contributed by atoms with E-state index in [-0.39, 0.29) is 31.0 Å². The molecule has 50 valence electrons. The second-order valence-corrected chi connectivity index (χ2v) is 3.24. The maximum Gasteiger partial charge on any atom is 1.00 e. The molecule has 0 amide bonds. The van der Waals surface area contributed by atoms with E-state index in [0.29, 0.717) is 6.54 Å². The van der Waals surface area contributed by atoms with Crippen LogP contribution in [0.4, 0.5) is 0 Å². The molecule has 1 N–H and O–H groups in total. The van der Waals surface area contributed by atoms with E-state index in [1.54, 1.807) is 0 Å². The van der Waals surface area contributed by atoms with Crippen molar-refractivity contribution in [1.82, 2.24) is 4.72 Å². The first-order chi connectivity index (χ1) is 3.56. The summed E-state index contributed by atoms with van der Waals surface area (Å²) in [6, 6.07) is 0. The molecule has 0 atom stereocenters. The SMILES string of the molecule is C=CCNS(C)(=O)=O.[H-].[Na+]. The van der Waals surface area contributed by atoms with Crippen molar-refractivity contribution in [2.45, 2.75) is 0 Å². The summed E-state index contributed by atoms with van der Waals surface area (Å²) in [6.07, 6.45) is 2.59. The van der Waals surface area contributed by atoms with Crippen molar-refractivity contribution in [3.8, 4) is 0 Å². The van der Waals surface area contributed by atoms with Crippen LogP contribution in [-0.4, -0.2) is 21.2 Å². The third kappa shape index (κ3) is 12.0. The van der Waals surface area contributed by atoms with Crippen LogP contribution >= 0.6 is 0 Å². The van der Waals surface area contributed by atoms with Gasteiger partial charge in [0, 0.05) is 6.54 Å². The Labute approximate surface area is 79.4 Å². The van der Waals surface area contributed by atoms with Gasteiger partial charge in [-0.3, -0.25) is 0 Å². The summed E-state index contributed by atoms with van der Waals surface area (Å²) in [4.78, 5) is 0. The number of hydrogen-bond acceptors (Lipinski definition) is 2. The standard InChI is InChI=1S/C4H9NO2S.Na.H/c1-3-4-5-8(2,6)7;;/h3,5H,1,4H2,2H3;;/q;+1;-1. The molecule has 0 aromatic heterocycles. The van der Waals surface area contributed by atoms with Crippen molar-refractivity contribution in [3.05, 3.63) is 12.7 Å². The Kier molecular flexibility index (Phi) is 7.45. The number of rotatable bonds is 3. The minimum absolute atomic E-state index is 0. The molecule has 0 unspecified atom stereocenters. The van der Waals surface area contributed by atoms with Crippen LogP contribution in [0.15, 0.2) is 12.7 Å². The molecule has 5 heteroatoms. The topological polar surface area (TPSA) is 46.2 Å². The first-order valence-electron chi connectivity index (χ1n) is 2.12. The number of nitrogens with one attached hydrogen (secondary N) is 1. The van der Waals surface area contributed by atoms with Gasteiger partial charge in [0.25, 0.3) is 0 Å². The summed E-state index contributed by atoms with van der Waals surface area (Å²) in [5.41, 5.74) is 0. The van der Waals surface area contributed by atoms with Gasteiger partial charge in [-0.05, 0) is 0 Å². The monoisotopic (exact) mass is 159 g/mol. The van der Waals surface area contributed by atoms with E-state index in [2.05, 4.69) is 11.3 Å². The van der Waals surface area contributed by atoms with Gasteiger partial charge in [0.2, 0.25) is 10.0 Å². The summed E-state index contributed by atoms with van der Waals surface area (Å²) in [7, 11) is -3.01. The van der Waals surface area contributed by atoms with Crippen LogP contribution in [0.3, 0.4) is 0 Å². The molecule has 0 spiro atoms. The Bertz CT molecular complexity index is 168. The van der Waals surface area contributed by atoms with Crippen LogP contribution in [-0.2, 0) is 10.0 Å². The fourth-order valence-electron chi connectivity index (χ4n) is 0.210. The molecule has 0 rings (SSSR count). The molecule has 0 aliphatic rings. The molecule has 0 aliphatic carbocycles. The van der Waals surface area contributed by atoms with Gasteiger partial charge < -0.3 is 1.43 Å². The maximum atomic E-state index is 10.2. The predicted molar refractivity (Wildman–Crippen MR) is 34.2 cm³/mol. The summed E-state index contributed by atoms with van der Waals surface area (Å²) in [5, 5.41) is 0. The minimum Gasteiger partial charge on any atom is -1.00 e. The number of sulfonamides is 1. The summed E-state index contributed by atoms with van der Waals surface area (Å²) in [6.45, 7) is 3.64. The van der Waals surface area contributed by atoms with E-state index in [9.17, 15) is 8.42 Å². The zero-order valence-electron chi connectivity index (χ0n) is 6.72. The quantitative estimate of drug-likeness (QED) is 0.349.